The summed E-state index contributed by atoms with van der Waals surface area (Å²) in [5, 5.41) is 5.20. The fourth-order valence-corrected chi connectivity index (χ4v) is 5.26. The smallest absolute Gasteiger partial charge is 0.251 e. The molecule has 6 nitrogen and oxygen atoms in total. The Morgan fingerprint density at radius 2 is 1.65 bits per heavy atom. The first-order chi connectivity index (χ1) is 14.8. The van der Waals surface area contributed by atoms with Gasteiger partial charge in [0.15, 0.2) is 0 Å². The lowest BCUT2D eigenvalue weighted by Crippen LogP contribution is -2.47. The van der Waals surface area contributed by atoms with E-state index in [0.29, 0.717) is 38.3 Å². The number of aryl methyl sites for hydroxylation is 1. The molecule has 3 aromatic carbocycles. The van der Waals surface area contributed by atoms with Gasteiger partial charge in [0.2, 0.25) is 10.0 Å². The molecule has 0 unspecified atom stereocenters. The summed E-state index contributed by atoms with van der Waals surface area (Å²) < 4.78 is 27.6. The molecular formula is C24H27N3O3S. The molecule has 0 bridgehead atoms. The van der Waals surface area contributed by atoms with E-state index in [4.69, 9.17) is 0 Å². The van der Waals surface area contributed by atoms with Gasteiger partial charge >= 0.3 is 0 Å². The summed E-state index contributed by atoms with van der Waals surface area (Å²) in [5.74, 6) is -0.277. The number of carbonyl (C=O) groups is 1. The van der Waals surface area contributed by atoms with Crippen LogP contribution in [0.3, 0.4) is 0 Å². The summed E-state index contributed by atoms with van der Waals surface area (Å²) in [6, 6.07) is 18.9. The third-order valence-electron chi connectivity index (χ3n) is 5.82. The van der Waals surface area contributed by atoms with E-state index in [1.807, 2.05) is 50.4 Å². The van der Waals surface area contributed by atoms with Crippen LogP contribution in [0, 0.1) is 6.92 Å². The van der Waals surface area contributed by atoms with Gasteiger partial charge in [0.25, 0.3) is 5.91 Å². The van der Waals surface area contributed by atoms with Crippen molar-refractivity contribution in [1.82, 2.24) is 14.5 Å². The molecule has 1 fully saturated rings. The van der Waals surface area contributed by atoms with Crippen LogP contribution in [0.5, 0.6) is 0 Å². The fourth-order valence-electron chi connectivity index (χ4n) is 3.81. The fraction of sp³-hybridized carbons (Fsp3) is 0.292. The lowest BCUT2D eigenvalue weighted by molar-refractivity contribution is 0.0950. The molecule has 1 amide bonds. The van der Waals surface area contributed by atoms with Gasteiger partial charge in [0, 0.05) is 38.3 Å². The number of fused-ring (bicyclic) bond motifs is 1. The summed E-state index contributed by atoms with van der Waals surface area (Å²) in [6.07, 6.45) is 0. The standard InChI is InChI=1S/C24H27N3O3S/c1-18-7-10-22(31(29,30)27-13-11-26(2)12-14-27)16-23(18)24(28)25-17-19-8-9-20-5-3-4-6-21(20)15-19/h3-10,15-16H,11-14,17H2,1-2H3,(H,25,28). The molecule has 0 radical (unpaired) electrons. The molecule has 1 aliphatic heterocycles. The predicted molar refractivity (Wildman–Crippen MR) is 123 cm³/mol. The third kappa shape index (κ3) is 4.63. The Hall–Kier alpha value is -2.74. The molecule has 31 heavy (non-hydrogen) atoms. The number of hydrogen-bond donors (Lipinski definition) is 1. The minimum absolute atomic E-state index is 0.165. The molecule has 1 N–H and O–H groups in total. The van der Waals surface area contributed by atoms with Crippen LogP contribution >= 0.6 is 0 Å². The van der Waals surface area contributed by atoms with Crippen LogP contribution < -0.4 is 5.32 Å². The van der Waals surface area contributed by atoms with E-state index >= 15 is 0 Å². The van der Waals surface area contributed by atoms with Crippen LogP contribution in [-0.2, 0) is 16.6 Å². The van der Waals surface area contributed by atoms with Gasteiger partial charge < -0.3 is 10.2 Å². The second kappa shape index (κ2) is 8.78. The minimum atomic E-state index is -3.62. The number of amides is 1. The SMILES string of the molecule is Cc1ccc(S(=O)(=O)N2CCN(C)CC2)cc1C(=O)NCc1ccc2ccccc2c1. The van der Waals surface area contributed by atoms with E-state index < -0.39 is 10.0 Å². The highest BCUT2D eigenvalue weighted by Gasteiger charge is 2.28. The van der Waals surface area contributed by atoms with Crippen LogP contribution in [0.2, 0.25) is 0 Å². The van der Waals surface area contributed by atoms with Gasteiger partial charge in [-0.3, -0.25) is 4.79 Å². The topological polar surface area (TPSA) is 69.7 Å². The van der Waals surface area contributed by atoms with Gasteiger partial charge in [-0.1, -0.05) is 42.5 Å². The van der Waals surface area contributed by atoms with Crippen molar-refractivity contribution in [3.8, 4) is 0 Å². The summed E-state index contributed by atoms with van der Waals surface area (Å²) in [7, 11) is -1.64. The first-order valence-electron chi connectivity index (χ1n) is 10.4. The Morgan fingerprint density at radius 3 is 2.39 bits per heavy atom. The van der Waals surface area contributed by atoms with E-state index in [-0.39, 0.29) is 10.8 Å². The molecule has 4 rings (SSSR count). The van der Waals surface area contributed by atoms with E-state index in [1.165, 1.54) is 10.4 Å². The van der Waals surface area contributed by atoms with Crippen molar-refractivity contribution in [3.63, 3.8) is 0 Å². The Labute approximate surface area is 183 Å². The number of hydrogen-bond acceptors (Lipinski definition) is 4. The number of piperazine rings is 1. The Kier molecular flexibility index (Phi) is 6.09. The molecule has 0 aromatic heterocycles. The van der Waals surface area contributed by atoms with Gasteiger partial charge in [-0.25, -0.2) is 8.42 Å². The van der Waals surface area contributed by atoms with Crippen molar-refractivity contribution in [2.45, 2.75) is 18.4 Å². The first kappa shape index (κ1) is 21.5. The number of sulfonamides is 1. The molecule has 1 saturated heterocycles. The van der Waals surface area contributed by atoms with Crippen LogP contribution in [0.1, 0.15) is 21.5 Å². The van der Waals surface area contributed by atoms with Gasteiger partial charge in [-0.15, -0.1) is 0 Å². The van der Waals surface area contributed by atoms with E-state index in [1.54, 1.807) is 12.1 Å². The average molecular weight is 438 g/mol. The Balaban J connectivity index is 1.51. The quantitative estimate of drug-likeness (QED) is 0.666. The number of carbonyl (C=O) groups excluding carboxylic acids is 1. The van der Waals surface area contributed by atoms with Crippen molar-refractivity contribution in [2.24, 2.45) is 0 Å². The minimum Gasteiger partial charge on any atom is -0.348 e. The van der Waals surface area contributed by atoms with Crippen molar-refractivity contribution >= 4 is 26.7 Å². The van der Waals surface area contributed by atoms with Crippen molar-refractivity contribution < 1.29 is 13.2 Å². The second-order valence-electron chi connectivity index (χ2n) is 8.05. The maximum Gasteiger partial charge on any atom is 0.251 e. The lowest BCUT2D eigenvalue weighted by Gasteiger charge is -2.31. The number of nitrogens with zero attached hydrogens (tertiary/aromatic N) is 2. The zero-order valence-electron chi connectivity index (χ0n) is 17.8. The molecule has 7 heteroatoms. The molecule has 1 heterocycles. The zero-order chi connectivity index (χ0) is 22.0. The highest BCUT2D eigenvalue weighted by Crippen LogP contribution is 2.21. The highest BCUT2D eigenvalue weighted by atomic mass is 32.2. The number of nitrogens with one attached hydrogen (secondary N) is 1. The normalized spacial score (nSPS) is 15.8. The maximum atomic E-state index is 13.1. The summed E-state index contributed by atoms with van der Waals surface area (Å²) in [4.78, 5) is 15.1. The maximum absolute atomic E-state index is 13.1. The largest absolute Gasteiger partial charge is 0.348 e. The second-order valence-corrected chi connectivity index (χ2v) is 9.99. The molecule has 1 aliphatic rings. The van der Waals surface area contributed by atoms with Crippen molar-refractivity contribution in [2.75, 3.05) is 33.2 Å². The van der Waals surface area contributed by atoms with Crippen molar-refractivity contribution in [3.05, 3.63) is 77.4 Å². The van der Waals surface area contributed by atoms with Gasteiger partial charge in [0.1, 0.15) is 0 Å². The molecule has 3 aromatic rings. The average Bonchev–Trinajstić information content (AvgIpc) is 2.77. The van der Waals surface area contributed by atoms with E-state index in [9.17, 15) is 13.2 Å². The predicted octanol–water partition coefficient (Wildman–Crippen LogP) is 3.01. The summed E-state index contributed by atoms with van der Waals surface area (Å²) in [5.41, 5.74) is 2.12. The van der Waals surface area contributed by atoms with Crippen LogP contribution in [0.25, 0.3) is 10.8 Å². The molecule has 0 spiro atoms. The Bertz CT molecular complexity index is 1220. The monoisotopic (exact) mass is 437 g/mol. The zero-order valence-corrected chi connectivity index (χ0v) is 18.7. The van der Waals surface area contributed by atoms with Crippen LogP contribution in [-0.4, -0.2) is 56.8 Å². The Morgan fingerprint density at radius 1 is 0.935 bits per heavy atom. The summed E-state index contributed by atoms with van der Waals surface area (Å²) in [6.45, 7) is 4.50. The number of rotatable bonds is 5. The molecule has 162 valence electrons. The van der Waals surface area contributed by atoms with Gasteiger partial charge in [-0.2, -0.15) is 4.31 Å². The van der Waals surface area contributed by atoms with Crippen LogP contribution in [0.15, 0.2) is 65.6 Å². The number of benzene rings is 3. The molecule has 0 aliphatic carbocycles. The van der Waals surface area contributed by atoms with Crippen molar-refractivity contribution in [1.29, 1.82) is 0 Å². The van der Waals surface area contributed by atoms with E-state index in [2.05, 4.69) is 16.3 Å². The summed E-state index contributed by atoms with van der Waals surface area (Å²) >= 11 is 0. The lowest BCUT2D eigenvalue weighted by atomic mass is 10.1. The molecular weight excluding hydrogens is 410 g/mol. The first-order valence-corrected chi connectivity index (χ1v) is 11.8. The van der Waals surface area contributed by atoms with Gasteiger partial charge in [-0.05, 0) is 54.1 Å². The highest BCUT2D eigenvalue weighted by molar-refractivity contribution is 7.89. The van der Waals surface area contributed by atoms with E-state index in [0.717, 1.165) is 21.9 Å². The molecule has 0 atom stereocenters. The van der Waals surface area contributed by atoms with Crippen LogP contribution in [0.4, 0.5) is 0 Å². The number of likely N-dealkylation sites (N-methyl/N-ethyl adjacent to an activating group) is 1. The van der Waals surface area contributed by atoms with Gasteiger partial charge in [0.05, 0.1) is 4.90 Å². The third-order valence-corrected chi connectivity index (χ3v) is 7.72. The molecule has 0 saturated carbocycles.